The Bertz CT molecular complexity index is 3370. The summed E-state index contributed by atoms with van der Waals surface area (Å²) in [5.41, 5.74) is 6.21. The number of hydrogen-bond donors (Lipinski definition) is 4. The highest BCUT2D eigenvalue weighted by atomic mass is 35.5. The first-order chi connectivity index (χ1) is 43.2. The van der Waals surface area contributed by atoms with Crippen molar-refractivity contribution in [2.45, 2.75) is 180 Å². The highest BCUT2D eigenvalue weighted by Crippen LogP contribution is 2.50. The van der Waals surface area contributed by atoms with E-state index in [0.29, 0.717) is 90.4 Å². The SMILES string of the molecule is CC(C)(C)OC(=O)n1c(-c2cc(OCC(O)CN3CCCCC3)c(Cl)c3c2C(C(=O)C2NCc4c(Cl)c(OCC(O)CN5CCCCC5)cc(-c5cc6cc(CN7CCCCC7)ccc6n5C(=O)OC(C)(C)C)c42)NC3)cc2cc(CN3CCCCC3)ccc21. The van der Waals surface area contributed by atoms with E-state index < -0.39 is 47.7 Å². The van der Waals surface area contributed by atoms with Gasteiger partial charge >= 0.3 is 12.2 Å². The third kappa shape index (κ3) is 14.5. The Hall–Kier alpha value is -5.57. The van der Waals surface area contributed by atoms with Crippen LogP contribution in [0.3, 0.4) is 0 Å². The zero-order chi connectivity index (χ0) is 63.0. The van der Waals surface area contributed by atoms with Crippen LogP contribution < -0.4 is 20.1 Å². The largest absolute Gasteiger partial charge is 0.489 e. The molecule has 0 aliphatic carbocycles. The average Bonchev–Trinajstić information content (AvgIpc) is 1.57. The van der Waals surface area contributed by atoms with Gasteiger partial charge in [0.2, 0.25) is 0 Å². The van der Waals surface area contributed by atoms with E-state index in [0.717, 1.165) is 139 Å². The molecular formula is C71H92Cl2N8O9. The number of rotatable bonds is 18. The number of carbonyl (C=O) groups is 3. The highest BCUT2D eigenvalue weighted by Gasteiger charge is 2.44. The highest BCUT2D eigenvalue weighted by molar-refractivity contribution is 6.34. The number of ether oxygens (including phenoxy) is 4. The average molecular weight is 1270 g/mol. The van der Waals surface area contributed by atoms with Crippen LogP contribution in [0.5, 0.6) is 11.5 Å². The number of halogens is 2. The van der Waals surface area contributed by atoms with Gasteiger partial charge < -0.3 is 39.0 Å². The van der Waals surface area contributed by atoms with E-state index in [9.17, 15) is 19.8 Å². The van der Waals surface area contributed by atoms with Gasteiger partial charge in [-0.25, -0.2) is 18.7 Å². The molecule has 6 aliphatic heterocycles. The number of nitrogens with zero attached hydrogens (tertiary/aromatic N) is 6. The first-order valence-electron chi connectivity index (χ1n) is 33.2. The van der Waals surface area contributed by atoms with Crippen molar-refractivity contribution in [2.24, 2.45) is 0 Å². The van der Waals surface area contributed by atoms with Crippen LogP contribution >= 0.6 is 23.2 Å². The van der Waals surface area contributed by atoms with Crippen molar-refractivity contribution in [1.29, 1.82) is 0 Å². The summed E-state index contributed by atoms with van der Waals surface area (Å²) in [6.07, 6.45) is 10.9. The van der Waals surface area contributed by atoms with Crippen LogP contribution in [-0.4, -0.2) is 159 Å². The molecule has 12 rings (SSSR count). The number of benzene rings is 4. The third-order valence-corrected chi connectivity index (χ3v) is 19.5. The van der Waals surface area contributed by atoms with E-state index in [1.807, 2.05) is 77.9 Å². The summed E-state index contributed by atoms with van der Waals surface area (Å²) in [6, 6.07) is 18.0. The van der Waals surface area contributed by atoms with E-state index in [1.165, 1.54) is 25.7 Å². The standard InChI is InChI=1S/C71H92Cl2N8O9/c1-70(2,3)89-68(85)80-55-21-19-45(39-76-23-11-7-12-24-76)31-47(55)33-57(80)51-35-59(87-43-49(82)41-78-27-15-9-16-28-78)63(72)53-37-74-65(61(51)53)67(84)66-62-52(36-60(64(73)54(62)38-75-66)88-44-50(83)42-79-29-17-10-18-30-79)58-34-48-32-46(40-77-25-13-8-14-26-77)20-22-56(48)81(58)69(86)90-71(4,5)6/h19-22,31-36,49-50,65-66,74-75,82-83H,7-18,23-30,37-44H2,1-6H3. The number of carbonyl (C=O) groups excluding carboxylic acids is 3. The van der Waals surface area contributed by atoms with Crippen LogP contribution in [0.25, 0.3) is 44.3 Å². The molecule has 19 heteroatoms. The Kier molecular flexibility index (Phi) is 19.8. The lowest BCUT2D eigenvalue weighted by molar-refractivity contribution is -0.123. The number of nitrogens with one attached hydrogen (secondary N) is 2. The molecule has 4 fully saturated rings. The number of aromatic nitrogens is 2. The number of hydrogen-bond acceptors (Lipinski definition) is 15. The van der Waals surface area contributed by atoms with Crippen LogP contribution in [0, 0.1) is 0 Å². The predicted molar refractivity (Wildman–Crippen MR) is 354 cm³/mol. The Balaban J connectivity index is 0.987. The zero-order valence-corrected chi connectivity index (χ0v) is 55.1. The number of Topliss-reactive ketones (excluding diaryl/α,β-unsaturated/α-hetero) is 1. The summed E-state index contributed by atoms with van der Waals surface area (Å²) in [5.74, 6) is 0.363. The van der Waals surface area contributed by atoms with Crippen molar-refractivity contribution >= 4 is 63.0 Å². The second-order valence-electron chi connectivity index (χ2n) is 28.1. The fourth-order valence-corrected chi connectivity index (χ4v) is 15.1. The summed E-state index contributed by atoms with van der Waals surface area (Å²) in [6.45, 7) is 21.5. The molecule has 0 amide bonds. The monoisotopic (exact) mass is 1270 g/mol. The maximum absolute atomic E-state index is 16.4. The number of ketones is 1. The molecule has 2 aromatic heterocycles. The molecule has 484 valence electrons. The van der Waals surface area contributed by atoms with E-state index in [4.69, 9.17) is 42.1 Å². The van der Waals surface area contributed by atoms with E-state index >= 15 is 4.79 Å². The van der Waals surface area contributed by atoms with Gasteiger partial charge in [-0.05, 0) is 227 Å². The second-order valence-corrected chi connectivity index (χ2v) is 28.8. The van der Waals surface area contributed by atoms with Crippen molar-refractivity contribution in [1.82, 2.24) is 39.4 Å². The summed E-state index contributed by atoms with van der Waals surface area (Å²) in [5, 5.41) is 32.3. The minimum Gasteiger partial charge on any atom is -0.489 e. The fourth-order valence-electron chi connectivity index (χ4n) is 14.5. The van der Waals surface area contributed by atoms with E-state index in [-0.39, 0.29) is 32.1 Å². The lowest BCUT2D eigenvalue weighted by Gasteiger charge is -2.28. The number of aliphatic hydroxyl groups excluding tert-OH is 2. The van der Waals surface area contributed by atoms with E-state index in [2.05, 4.69) is 54.5 Å². The smallest absolute Gasteiger partial charge is 0.419 e. The molecule has 0 radical (unpaired) electrons. The Labute approximate surface area is 540 Å². The number of β-amino-alcohol motifs (C(OH)–C–C–N with tert-alkyl or cyclic N) is 2. The van der Waals surface area contributed by atoms with Crippen LogP contribution in [0.15, 0.2) is 60.7 Å². The molecule has 0 bridgehead atoms. The quantitative estimate of drug-likeness (QED) is 0.0639. The molecule has 6 aliphatic rings. The van der Waals surface area contributed by atoms with Gasteiger partial charge in [-0.3, -0.25) is 25.2 Å². The number of aliphatic hydroxyl groups is 2. The maximum Gasteiger partial charge on any atom is 0.419 e. The molecule has 0 spiro atoms. The van der Waals surface area contributed by atoms with Crippen molar-refractivity contribution in [3.05, 3.63) is 104 Å². The Morgan fingerprint density at radius 1 is 0.511 bits per heavy atom. The minimum atomic E-state index is -1.02. The molecule has 90 heavy (non-hydrogen) atoms. The van der Waals surface area contributed by atoms with Gasteiger partial charge in [-0.15, -0.1) is 0 Å². The first-order valence-corrected chi connectivity index (χ1v) is 34.0. The Morgan fingerprint density at radius 3 is 1.22 bits per heavy atom. The molecule has 4 saturated heterocycles. The molecule has 4 unspecified atom stereocenters. The van der Waals surface area contributed by atoms with Gasteiger partial charge in [0.1, 0.15) is 48.1 Å². The number of fused-ring (bicyclic) bond motifs is 4. The second kappa shape index (κ2) is 27.6. The lowest BCUT2D eigenvalue weighted by Crippen LogP contribution is -2.38. The van der Waals surface area contributed by atoms with Gasteiger partial charge in [0.15, 0.2) is 5.78 Å². The molecule has 4 aromatic carbocycles. The van der Waals surface area contributed by atoms with Crippen molar-refractivity contribution in [2.75, 3.05) is 78.7 Å². The third-order valence-electron chi connectivity index (χ3n) is 18.7. The molecule has 4 atom stereocenters. The topological polar surface area (TPSA) is 175 Å². The predicted octanol–water partition coefficient (Wildman–Crippen LogP) is 12.8. The van der Waals surface area contributed by atoms with Gasteiger partial charge in [0, 0.05) is 61.2 Å². The zero-order valence-electron chi connectivity index (χ0n) is 53.6. The molecule has 4 N–H and O–H groups in total. The van der Waals surface area contributed by atoms with Crippen molar-refractivity contribution in [3.8, 4) is 34.0 Å². The summed E-state index contributed by atoms with van der Waals surface area (Å²) in [7, 11) is 0. The number of likely N-dealkylation sites (tertiary alicyclic amines) is 4. The first kappa shape index (κ1) is 64.5. The number of piperidine rings is 4. The molecule has 8 heterocycles. The van der Waals surface area contributed by atoms with Crippen molar-refractivity contribution < 1.29 is 43.5 Å². The van der Waals surface area contributed by atoms with Crippen LogP contribution in [-0.2, 0) is 40.4 Å². The van der Waals surface area contributed by atoms with Crippen LogP contribution in [0.4, 0.5) is 9.59 Å². The summed E-state index contributed by atoms with van der Waals surface area (Å²) in [4.78, 5) is 55.8. The normalized spacial score (nSPS) is 20.5. The van der Waals surface area contributed by atoms with Gasteiger partial charge in [0.05, 0.1) is 44.6 Å². The van der Waals surface area contributed by atoms with Crippen molar-refractivity contribution in [3.63, 3.8) is 0 Å². The molecular weight excluding hydrogens is 1180 g/mol. The minimum absolute atomic E-state index is 0.0334. The van der Waals surface area contributed by atoms with Gasteiger partial charge in [-0.1, -0.05) is 61.0 Å². The lowest BCUT2D eigenvalue weighted by atomic mass is 9.87. The fraction of sp³-hybridized carbons (Fsp3) is 0.563. The molecule has 17 nitrogen and oxygen atoms in total. The van der Waals surface area contributed by atoms with Gasteiger partial charge in [0.25, 0.3) is 0 Å². The summed E-state index contributed by atoms with van der Waals surface area (Å²) >= 11 is 15.1. The van der Waals surface area contributed by atoms with Gasteiger partial charge in [-0.2, -0.15) is 0 Å². The molecule has 0 saturated carbocycles. The Morgan fingerprint density at radius 2 is 0.867 bits per heavy atom. The maximum atomic E-state index is 16.4. The van der Waals surface area contributed by atoms with E-state index in [1.54, 1.807) is 9.13 Å². The van der Waals surface area contributed by atoms with Crippen LogP contribution in [0.1, 0.15) is 164 Å². The molecule has 6 aromatic rings. The summed E-state index contributed by atoms with van der Waals surface area (Å²) < 4.78 is 28.8. The van der Waals surface area contributed by atoms with Crippen LogP contribution in [0.2, 0.25) is 10.0 Å².